The molecule has 31 heavy (non-hydrogen) atoms. The van der Waals surface area contributed by atoms with Crippen LogP contribution in [0, 0.1) is 6.92 Å². The Kier molecular flexibility index (Phi) is 7.32. The minimum absolute atomic E-state index is 0.177. The molecule has 7 heteroatoms. The number of hydrogen-bond donors (Lipinski definition) is 1. The predicted molar refractivity (Wildman–Crippen MR) is 127 cm³/mol. The zero-order valence-corrected chi connectivity index (χ0v) is 20.2. The first kappa shape index (κ1) is 23.6. The molecule has 0 spiro atoms. The van der Waals surface area contributed by atoms with Crippen LogP contribution in [-0.4, -0.2) is 26.6 Å². The highest BCUT2D eigenvalue weighted by atomic mass is 35.5. The molecule has 5 nitrogen and oxygen atoms in total. The first-order chi connectivity index (χ1) is 14.6. The van der Waals surface area contributed by atoms with E-state index >= 15 is 0 Å². The quantitative estimate of drug-likeness (QED) is 0.633. The number of fused-ring (bicyclic) bond motifs is 1. The summed E-state index contributed by atoms with van der Waals surface area (Å²) in [7, 11) is -3.71. The number of rotatable bonds is 7. The Labute approximate surface area is 190 Å². The van der Waals surface area contributed by atoms with Gasteiger partial charge >= 0.3 is 0 Å². The highest BCUT2D eigenvalue weighted by Crippen LogP contribution is 2.29. The number of carbonyl (C=O) groups is 1. The number of hydrogen-bond acceptors (Lipinski definition) is 3. The van der Waals surface area contributed by atoms with Gasteiger partial charge in [-0.05, 0) is 80.3 Å². The van der Waals surface area contributed by atoms with Gasteiger partial charge < -0.3 is 5.32 Å². The second kappa shape index (κ2) is 9.61. The maximum atomic E-state index is 13.2. The van der Waals surface area contributed by atoms with Crippen molar-refractivity contribution in [1.29, 1.82) is 0 Å². The highest BCUT2D eigenvalue weighted by molar-refractivity contribution is 7.92. The number of sulfonamides is 1. The molecule has 1 aliphatic rings. The van der Waals surface area contributed by atoms with Crippen LogP contribution in [0.3, 0.4) is 0 Å². The van der Waals surface area contributed by atoms with Crippen LogP contribution >= 0.6 is 11.6 Å². The Morgan fingerprint density at radius 3 is 2.45 bits per heavy atom. The minimum atomic E-state index is -3.71. The van der Waals surface area contributed by atoms with Gasteiger partial charge in [0.25, 0.3) is 0 Å². The maximum absolute atomic E-state index is 13.2. The zero-order valence-electron chi connectivity index (χ0n) is 18.6. The van der Waals surface area contributed by atoms with Gasteiger partial charge in [0.1, 0.15) is 6.04 Å². The molecule has 0 aromatic heterocycles. The van der Waals surface area contributed by atoms with E-state index in [1.54, 1.807) is 32.0 Å². The summed E-state index contributed by atoms with van der Waals surface area (Å²) >= 11 is 6.12. The summed E-state index contributed by atoms with van der Waals surface area (Å²) in [5, 5.41) is 3.49. The van der Waals surface area contributed by atoms with Crippen LogP contribution in [0.2, 0.25) is 5.02 Å². The van der Waals surface area contributed by atoms with Crippen molar-refractivity contribution in [3.8, 4) is 0 Å². The van der Waals surface area contributed by atoms with E-state index in [9.17, 15) is 13.2 Å². The van der Waals surface area contributed by atoms with Gasteiger partial charge in [-0.15, -0.1) is 0 Å². The van der Waals surface area contributed by atoms with Crippen LogP contribution in [0.25, 0.3) is 0 Å². The number of benzene rings is 2. The maximum Gasteiger partial charge on any atom is 0.244 e. The average molecular weight is 463 g/mol. The molecule has 2 aromatic carbocycles. The van der Waals surface area contributed by atoms with Crippen molar-refractivity contribution < 1.29 is 13.2 Å². The first-order valence-corrected chi connectivity index (χ1v) is 13.0. The third-order valence-electron chi connectivity index (χ3n) is 6.00. The minimum Gasteiger partial charge on any atom is -0.347 e. The van der Waals surface area contributed by atoms with Crippen LogP contribution in [0.5, 0.6) is 0 Å². The number of aryl methyl sites for hydroxylation is 3. The molecular formula is C24H31ClN2O3S. The second-order valence-corrected chi connectivity index (χ2v) is 10.7. The summed E-state index contributed by atoms with van der Waals surface area (Å²) in [6.45, 7) is 5.43. The second-order valence-electron chi connectivity index (χ2n) is 8.37. The molecule has 2 atom stereocenters. The molecule has 0 saturated carbocycles. The fraction of sp³-hybridized carbons (Fsp3) is 0.458. The van der Waals surface area contributed by atoms with Crippen molar-refractivity contribution in [3.05, 3.63) is 63.7 Å². The topological polar surface area (TPSA) is 66.5 Å². The van der Waals surface area contributed by atoms with Gasteiger partial charge in [0, 0.05) is 5.02 Å². The standard InChI is InChI=1S/C24H31ClN2O3S/c1-5-22(20-12-11-18-8-6-7-9-19(18)14-20)26-24(28)17(3)27(31(4,29)30)23-15-21(25)13-10-16(23)2/h10-15,17,22H,5-9H2,1-4H3,(H,26,28). The number of amides is 1. The number of carbonyl (C=O) groups excluding carboxylic acids is 1. The van der Waals surface area contributed by atoms with Gasteiger partial charge in [-0.3, -0.25) is 9.10 Å². The highest BCUT2D eigenvalue weighted by Gasteiger charge is 2.31. The number of nitrogens with zero attached hydrogens (tertiary/aromatic N) is 1. The summed E-state index contributed by atoms with van der Waals surface area (Å²) in [5.41, 5.74) is 4.96. The number of nitrogens with one attached hydrogen (secondary N) is 1. The normalized spacial score (nSPS) is 15.6. The van der Waals surface area contributed by atoms with Crippen molar-refractivity contribution >= 4 is 33.2 Å². The van der Waals surface area contributed by atoms with E-state index in [-0.39, 0.29) is 11.9 Å². The molecule has 168 valence electrons. The van der Waals surface area contributed by atoms with Gasteiger partial charge in [0.2, 0.25) is 15.9 Å². The van der Waals surface area contributed by atoms with E-state index in [2.05, 4.69) is 23.5 Å². The lowest BCUT2D eigenvalue weighted by Gasteiger charge is -2.31. The zero-order chi connectivity index (χ0) is 22.8. The summed E-state index contributed by atoms with van der Waals surface area (Å²) < 4.78 is 26.4. The van der Waals surface area contributed by atoms with Crippen LogP contribution in [0.15, 0.2) is 36.4 Å². The lowest BCUT2D eigenvalue weighted by Crippen LogP contribution is -2.48. The largest absolute Gasteiger partial charge is 0.347 e. The Bertz CT molecular complexity index is 1070. The van der Waals surface area contributed by atoms with E-state index in [1.807, 2.05) is 6.92 Å². The van der Waals surface area contributed by atoms with E-state index in [1.165, 1.54) is 24.0 Å². The fourth-order valence-corrected chi connectivity index (χ4v) is 5.68. The Morgan fingerprint density at radius 2 is 1.81 bits per heavy atom. The van der Waals surface area contributed by atoms with Gasteiger partial charge in [-0.1, -0.05) is 42.8 Å². The number of halogens is 1. The van der Waals surface area contributed by atoms with Crippen molar-refractivity contribution in [2.24, 2.45) is 0 Å². The summed E-state index contributed by atoms with van der Waals surface area (Å²) in [5.74, 6) is -0.339. The van der Waals surface area contributed by atoms with Crippen LogP contribution in [-0.2, 0) is 27.7 Å². The predicted octanol–water partition coefficient (Wildman–Crippen LogP) is 4.95. The molecule has 3 rings (SSSR count). The molecule has 0 saturated heterocycles. The molecule has 0 fully saturated rings. The van der Waals surface area contributed by atoms with Crippen LogP contribution in [0.4, 0.5) is 5.69 Å². The van der Waals surface area contributed by atoms with Crippen molar-refractivity contribution in [2.45, 2.75) is 65.0 Å². The lowest BCUT2D eigenvalue weighted by atomic mass is 9.88. The van der Waals surface area contributed by atoms with E-state index in [0.717, 1.165) is 34.5 Å². The van der Waals surface area contributed by atoms with Gasteiger partial charge in [-0.2, -0.15) is 0 Å². The fourth-order valence-electron chi connectivity index (χ4n) is 4.28. The molecule has 1 amide bonds. The molecule has 1 aliphatic carbocycles. The Hall–Kier alpha value is -2.05. The molecule has 1 N–H and O–H groups in total. The van der Waals surface area contributed by atoms with Crippen molar-refractivity contribution in [3.63, 3.8) is 0 Å². The van der Waals surface area contributed by atoms with Crippen LogP contribution < -0.4 is 9.62 Å². The van der Waals surface area contributed by atoms with Gasteiger partial charge in [0.15, 0.2) is 0 Å². The smallest absolute Gasteiger partial charge is 0.244 e. The first-order valence-electron chi connectivity index (χ1n) is 10.8. The van der Waals surface area contributed by atoms with E-state index in [4.69, 9.17) is 11.6 Å². The molecule has 0 aliphatic heterocycles. The SMILES string of the molecule is CCC(NC(=O)C(C)N(c1cc(Cl)ccc1C)S(C)(=O)=O)c1ccc2c(c1)CCCC2. The third-order valence-corrected chi connectivity index (χ3v) is 7.46. The summed E-state index contributed by atoms with van der Waals surface area (Å²) in [6.07, 6.45) is 6.42. The summed E-state index contributed by atoms with van der Waals surface area (Å²) in [4.78, 5) is 13.2. The monoisotopic (exact) mass is 462 g/mol. The molecular weight excluding hydrogens is 432 g/mol. The Balaban J connectivity index is 1.86. The van der Waals surface area contributed by atoms with E-state index < -0.39 is 16.1 Å². The molecule has 0 heterocycles. The third kappa shape index (κ3) is 5.42. The van der Waals surface area contributed by atoms with Gasteiger partial charge in [0.05, 0.1) is 18.0 Å². The molecule has 0 radical (unpaired) electrons. The molecule has 2 aromatic rings. The van der Waals surface area contributed by atoms with E-state index in [0.29, 0.717) is 17.1 Å². The molecule has 0 bridgehead atoms. The summed E-state index contributed by atoms with van der Waals surface area (Å²) in [6, 6.07) is 10.4. The average Bonchev–Trinajstić information content (AvgIpc) is 2.73. The lowest BCUT2D eigenvalue weighted by molar-refractivity contribution is -0.122. The van der Waals surface area contributed by atoms with Gasteiger partial charge in [-0.25, -0.2) is 8.42 Å². The number of anilines is 1. The Morgan fingerprint density at radius 1 is 1.13 bits per heavy atom. The molecule has 2 unspecified atom stereocenters. The van der Waals surface area contributed by atoms with Crippen molar-refractivity contribution in [2.75, 3.05) is 10.6 Å². The van der Waals surface area contributed by atoms with Crippen LogP contribution in [0.1, 0.15) is 61.4 Å². The van der Waals surface area contributed by atoms with Crippen molar-refractivity contribution in [1.82, 2.24) is 5.32 Å².